The van der Waals surface area contributed by atoms with Crippen molar-refractivity contribution in [2.45, 2.75) is 32.6 Å². The first-order chi connectivity index (χ1) is 15.2. The number of anilines is 1. The van der Waals surface area contributed by atoms with Crippen LogP contribution < -0.4 is 10.2 Å². The van der Waals surface area contributed by atoms with E-state index < -0.39 is 0 Å². The lowest BCUT2D eigenvalue weighted by Gasteiger charge is -2.33. The Morgan fingerprint density at radius 1 is 0.935 bits per heavy atom. The van der Waals surface area contributed by atoms with Gasteiger partial charge in [0, 0.05) is 57.9 Å². The van der Waals surface area contributed by atoms with E-state index in [0.717, 1.165) is 57.2 Å². The minimum absolute atomic E-state index is 0.0652. The van der Waals surface area contributed by atoms with Gasteiger partial charge in [-0.3, -0.25) is 9.69 Å². The van der Waals surface area contributed by atoms with Gasteiger partial charge in [0.2, 0.25) is 0 Å². The molecule has 0 radical (unpaired) electrons. The van der Waals surface area contributed by atoms with Gasteiger partial charge in [-0.25, -0.2) is 0 Å². The van der Waals surface area contributed by atoms with Gasteiger partial charge in [-0.15, -0.1) is 11.3 Å². The standard InChI is InChI=1S/C25H36N4OS/c1-2-27-16-18-28(19-17-27)15-12-26-24(30)23-20-22(21-10-6-5-7-11-21)25(31-23)29-13-8-3-4-9-14-29/h5-7,10-11,20H,2-4,8-9,12-19H2,1H3,(H,26,30). The Kier molecular flexibility index (Phi) is 8.00. The number of carbonyl (C=O) groups is 1. The van der Waals surface area contributed by atoms with Gasteiger partial charge in [0.25, 0.3) is 5.91 Å². The van der Waals surface area contributed by atoms with Crippen molar-refractivity contribution < 1.29 is 4.79 Å². The molecule has 2 saturated heterocycles. The number of piperazine rings is 1. The predicted octanol–water partition coefficient (Wildman–Crippen LogP) is 4.16. The van der Waals surface area contributed by atoms with Crippen molar-refractivity contribution >= 4 is 22.2 Å². The fourth-order valence-corrected chi connectivity index (χ4v) is 5.72. The summed E-state index contributed by atoms with van der Waals surface area (Å²) in [7, 11) is 0. The number of hydrogen-bond donors (Lipinski definition) is 1. The normalized spacial score (nSPS) is 18.7. The highest BCUT2D eigenvalue weighted by molar-refractivity contribution is 7.18. The summed E-state index contributed by atoms with van der Waals surface area (Å²) in [6, 6.07) is 12.6. The summed E-state index contributed by atoms with van der Waals surface area (Å²) >= 11 is 1.66. The number of amides is 1. The Balaban J connectivity index is 1.42. The number of rotatable bonds is 7. The van der Waals surface area contributed by atoms with Crippen LogP contribution in [0.25, 0.3) is 11.1 Å². The zero-order valence-electron chi connectivity index (χ0n) is 18.8. The van der Waals surface area contributed by atoms with E-state index in [4.69, 9.17) is 0 Å². The third kappa shape index (κ3) is 5.88. The Labute approximate surface area is 191 Å². The van der Waals surface area contributed by atoms with Gasteiger partial charge in [-0.1, -0.05) is 50.1 Å². The van der Waals surface area contributed by atoms with Gasteiger partial charge < -0.3 is 15.1 Å². The first-order valence-corrected chi connectivity index (χ1v) is 12.7. The molecule has 0 bridgehead atoms. The maximum Gasteiger partial charge on any atom is 0.261 e. The molecular weight excluding hydrogens is 404 g/mol. The molecule has 0 atom stereocenters. The lowest BCUT2D eigenvalue weighted by molar-refractivity contribution is 0.0942. The van der Waals surface area contributed by atoms with E-state index in [2.05, 4.69) is 63.3 Å². The Morgan fingerprint density at radius 3 is 2.29 bits per heavy atom. The zero-order valence-corrected chi connectivity index (χ0v) is 19.6. The molecule has 1 aromatic carbocycles. The fourth-order valence-electron chi connectivity index (χ4n) is 4.57. The summed E-state index contributed by atoms with van der Waals surface area (Å²) in [6.45, 7) is 11.6. The molecule has 1 amide bonds. The van der Waals surface area contributed by atoms with Crippen LogP contribution in [-0.2, 0) is 0 Å². The minimum atomic E-state index is 0.0652. The largest absolute Gasteiger partial charge is 0.363 e. The number of carbonyl (C=O) groups excluding carboxylic acids is 1. The maximum absolute atomic E-state index is 13.0. The van der Waals surface area contributed by atoms with E-state index in [1.54, 1.807) is 11.3 Å². The molecule has 31 heavy (non-hydrogen) atoms. The van der Waals surface area contributed by atoms with Crippen LogP contribution >= 0.6 is 11.3 Å². The van der Waals surface area contributed by atoms with Crippen molar-refractivity contribution in [1.82, 2.24) is 15.1 Å². The highest BCUT2D eigenvalue weighted by atomic mass is 32.1. The number of benzene rings is 1. The smallest absolute Gasteiger partial charge is 0.261 e. The zero-order chi connectivity index (χ0) is 21.5. The average molecular weight is 441 g/mol. The molecule has 0 unspecified atom stereocenters. The van der Waals surface area contributed by atoms with Gasteiger partial charge in [-0.05, 0) is 31.0 Å². The molecule has 168 valence electrons. The maximum atomic E-state index is 13.0. The Hall–Kier alpha value is -1.89. The van der Waals surface area contributed by atoms with Crippen LogP contribution in [0.1, 0.15) is 42.3 Å². The van der Waals surface area contributed by atoms with Gasteiger partial charge in [-0.2, -0.15) is 0 Å². The molecule has 0 spiro atoms. The van der Waals surface area contributed by atoms with Crippen LogP contribution in [0.4, 0.5) is 5.00 Å². The molecule has 5 nitrogen and oxygen atoms in total. The van der Waals surface area contributed by atoms with E-state index in [0.29, 0.717) is 6.54 Å². The molecule has 2 aliphatic heterocycles. The van der Waals surface area contributed by atoms with Crippen LogP contribution in [0.15, 0.2) is 36.4 Å². The quantitative estimate of drug-likeness (QED) is 0.702. The second kappa shape index (κ2) is 11.1. The SMILES string of the molecule is CCN1CCN(CCNC(=O)c2cc(-c3ccccc3)c(N3CCCCCC3)s2)CC1. The highest BCUT2D eigenvalue weighted by Crippen LogP contribution is 2.39. The van der Waals surface area contributed by atoms with Gasteiger partial charge in [0.15, 0.2) is 0 Å². The molecule has 4 rings (SSSR count). The van der Waals surface area contributed by atoms with E-state index in [1.807, 2.05) is 0 Å². The molecule has 3 heterocycles. The van der Waals surface area contributed by atoms with E-state index in [9.17, 15) is 4.79 Å². The van der Waals surface area contributed by atoms with Crippen molar-refractivity contribution in [3.63, 3.8) is 0 Å². The number of thiophene rings is 1. The van der Waals surface area contributed by atoms with Crippen molar-refractivity contribution in [2.24, 2.45) is 0 Å². The Morgan fingerprint density at radius 2 is 1.61 bits per heavy atom. The molecule has 0 aliphatic carbocycles. The number of nitrogens with one attached hydrogen (secondary N) is 1. The first kappa shape index (κ1) is 22.3. The van der Waals surface area contributed by atoms with Gasteiger partial charge >= 0.3 is 0 Å². The molecule has 6 heteroatoms. The lowest BCUT2D eigenvalue weighted by Crippen LogP contribution is -2.48. The van der Waals surface area contributed by atoms with Crippen LogP contribution in [-0.4, -0.2) is 74.6 Å². The molecule has 2 aromatic rings. The second-order valence-electron chi connectivity index (χ2n) is 8.63. The van der Waals surface area contributed by atoms with Gasteiger partial charge in [0.05, 0.1) is 9.88 Å². The van der Waals surface area contributed by atoms with E-state index in [-0.39, 0.29) is 5.91 Å². The number of nitrogens with zero attached hydrogens (tertiary/aromatic N) is 3. The third-order valence-electron chi connectivity index (χ3n) is 6.54. The highest BCUT2D eigenvalue weighted by Gasteiger charge is 2.21. The molecule has 1 aromatic heterocycles. The monoisotopic (exact) mass is 440 g/mol. The van der Waals surface area contributed by atoms with Crippen molar-refractivity contribution in [3.05, 3.63) is 41.3 Å². The summed E-state index contributed by atoms with van der Waals surface area (Å²) in [5.41, 5.74) is 2.40. The topological polar surface area (TPSA) is 38.8 Å². The van der Waals surface area contributed by atoms with Gasteiger partial charge in [0.1, 0.15) is 0 Å². The first-order valence-electron chi connectivity index (χ1n) is 11.9. The van der Waals surface area contributed by atoms with Crippen LogP contribution in [0.2, 0.25) is 0 Å². The van der Waals surface area contributed by atoms with E-state index >= 15 is 0 Å². The Bertz CT molecular complexity index is 821. The molecule has 2 aliphatic rings. The predicted molar refractivity (Wildman–Crippen MR) is 131 cm³/mol. The van der Waals surface area contributed by atoms with Crippen molar-refractivity contribution in [1.29, 1.82) is 0 Å². The summed E-state index contributed by atoms with van der Waals surface area (Å²) < 4.78 is 0. The lowest BCUT2D eigenvalue weighted by atomic mass is 10.1. The van der Waals surface area contributed by atoms with Crippen LogP contribution in [0.5, 0.6) is 0 Å². The third-order valence-corrected chi connectivity index (χ3v) is 7.73. The van der Waals surface area contributed by atoms with Crippen LogP contribution in [0, 0.1) is 0 Å². The molecular formula is C25H36N4OS. The summed E-state index contributed by atoms with van der Waals surface area (Å²) in [5.74, 6) is 0.0652. The average Bonchev–Trinajstić information content (AvgIpc) is 3.09. The summed E-state index contributed by atoms with van der Waals surface area (Å²) in [4.78, 5) is 21.3. The van der Waals surface area contributed by atoms with Crippen molar-refractivity contribution in [2.75, 3.05) is 63.8 Å². The molecule has 2 fully saturated rings. The summed E-state index contributed by atoms with van der Waals surface area (Å²) in [5, 5.41) is 4.43. The second-order valence-corrected chi connectivity index (χ2v) is 9.66. The summed E-state index contributed by atoms with van der Waals surface area (Å²) in [6.07, 6.45) is 5.09. The minimum Gasteiger partial charge on any atom is -0.363 e. The van der Waals surface area contributed by atoms with E-state index in [1.165, 1.54) is 41.8 Å². The number of likely N-dealkylation sites (N-methyl/N-ethyl adjacent to an activating group) is 1. The number of hydrogen-bond acceptors (Lipinski definition) is 5. The van der Waals surface area contributed by atoms with Crippen molar-refractivity contribution in [3.8, 4) is 11.1 Å². The van der Waals surface area contributed by atoms with Crippen LogP contribution in [0.3, 0.4) is 0 Å². The molecule has 1 N–H and O–H groups in total. The molecule has 0 saturated carbocycles. The fraction of sp³-hybridized carbons (Fsp3) is 0.560.